The van der Waals surface area contributed by atoms with Crippen LogP contribution in [0.15, 0.2) is 0 Å². The Hall–Kier alpha value is -4.29. The highest BCUT2D eigenvalue weighted by Gasteiger charge is 2.61. The van der Waals surface area contributed by atoms with Crippen LogP contribution in [0.4, 0.5) is 0 Å². The summed E-state index contributed by atoms with van der Waals surface area (Å²) in [5.74, 6) is -4.47. The van der Waals surface area contributed by atoms with Crippen molar-refractivity contribution in [1.29, 1.82) is 0 Å². The van der Waals surface area contributed by atoms with Gasteiger partial charge in [0, 0.05) is 34.6 Å². The number of aliphatic hydroxyl groups excluding tert-OH is 24. The minimum Gasteiger partial charge on any atom is -0.394 e. The number of carbonyl (C=O) groups excluding carboxylic acids is 5. The van der Waals surface area contributed by atoms with E-state index in [4.69, 9.17) is 80.5 Å². The molecule has 0 aliphatic carbocycles. The van der Waals surface area contributed by atoms with E-state index in [9.17, 15) is 147 Å². The molecule has 9 heterocycles. The van der Waals surface area contributed by atoms with E-state index in [0.29, 0.717) is 0 Å². The Balaban J connectivity index is 0.889. The molecule has 9 fully saturated rings. The van der Waals surface area contributed by atoms with Gasteiger partial charge in [-0.25, -0.2) is 0 Å². The molecule has 51 heteroatoms. The largest absolute Gasteiger partial charge is 0.394 e. The van der Waals surface area contributed by atoms with Crippen LogP contribution in [0.5, 0.6) is 0 Å². The Morgan fingerprint density at radius 1 is 0.226 bits per heavy atom. The highest BCUT2D eigenvalue weighted by atomic mass is 16.8. The summed E-state index contributed by atoms with van der Waals surface area (Å²) in [5, 5.41) is 276. The topological polar surface area (TPSA) is 788 Å². The third-order valence-corrected chi connectivity index (χ3v) is 20.8. The Kier molecular flexibility index (Phi) is 34.1. The quantitative estimate of drug-likeness (QED) is 0.0318. The first kappa shape index (κ1) is 94.6. The Labute approximate surface area is 651 Å². The van der Waals surface area contributed by atoms with Crippen LogP contribution in [0, 0.1) is 0 Å². The SMILES string of the molecule is CC(=O)N[C@@H]1[C@@H](O[C@@H]2O[C@H](CO)[C@@H](O[C@@H]3O[C@H](CO)[C@H](O)[C@H](O[C@@H]4O[C@H](CO)[C@@H](O[C@@H]5O[C@H](CO)[C@H](O)[C@H](O)[C@H]5O)[C@H](O)[C@H]4NC(C)=O)[C@H]3O)[C@H](O)[C@H]2NC(C)=O)[C@@H](O)[C@@H](CO[C@@H]2O[C@H](CO)[C@@H](O[C@@H]3O[C@H](CO)[C@H](O)[C@H](O[C@@H]4O[C@H](CO)[C@@H](O[C@@H]5O[C@H](CO)[C@H](O)[C@H](O)[C@H]5O)[C@H](O)[C@H]4NC(C)=O)[C@H]3O)[C@H](O)[C@H]2NC(C)=O)O[C@H]1O. The van der Waals surface area contributed by atoms with Gasteiger partial charge in [-0.15, -0.1) is 0 Å². The molecule has 664 valence electrons. The van der Waals surface area contributed by atoms with Crippen molar-refractivity contribution < 1.29 is 227 Å². The number of carbonyl (C=O) groups is 5. The number of aliphatic hydroxyl groups is 24. The Morgan fingerprint density at radius 3 is 0.739 bits per heavy atom. The zero-order chi connectivity index (χ0) is 84.8. The molecule has 51 nitrogen and oxygen atoms in total. The molecule has 0 unspecified atom stereocenters. The molecule has 0 spiro atoms. The maximum Gasteiger partial charge on any atom is 0.217 e. The van der Waals surface area contributed by atoms with Gasteiger partial charge in [0.15, 0.2) is 56.6 Å². The smallest absolute Gasteiger partial charge is 0.217 e. The molecule has 0 saturated carbocycles. The lowest BCUT2D eigenvalue weighted by Crippen LogP contribution is -2.71. The predicted molar refractivity (Wildman–Crippen MR) is 355 cm³/mol. The lowest BCUT2D eigenvalue weighted by atomic mass is 9.93. The average Bonchev–Trinajstić information content (AvgIpc) is 0.772. The van der Waals surface area contributed by atoms with Crippen LogP contribution >= 0.6 is 0 Å². The van der Waals surface area contributed by atoms with E-state index in [1.165, 1.54) is 0 Å². The minimum atomic E-state index is -2.31. The highest BCUT2D eigenvalue weighted by molar-refractivity contribution is 5.75. The lowest BCUT2D eigenvalue weighted by Gasteiger charge is -2.51. The van der Waals surface area contributed by atoms with Crippen LogP contribution < -0.4 is 26.6 Å². The number of nitrogens with one attached hydrogen (secondary N) is 5. The van der Waals surface area contributed by atoms with Crippen molar-refractivity contribution in [1.82, 2.24) is 26.6 Å². The fraction of sp³-hybridized carbons (Fsp3) is 0.922. The van der Waals surface area contributed by atoms with E-state index in [1.807, 2.05) is 0 Å². The maximum atomic E-state index is 13.0. The van der Waals surface area contributed by atoms with Gasteiger partial charge >= 0.3 is 0 Å². The van der Waals surface area contributed by atoms with Crippen LogP contribution in [0.25, 0.3) is 0 Å². The summed E-state index contributed by atoms with van der Waals surface area (Å²) >= 11 is 0. The first-order valence-corrected chi connectivity index (χ1v) is 36.6. The van der Waals surface area contributed by atoms with Gasteiger partial charge in [-0.2, -0.15) is 0 Å². The average molecular weight is 1680 g/mol. The molecule has 0 aromatic rings. The van der Waals surface area contributed by atoms with Gasteiger partial charge in [0.05, 0.1) is 59.5 Å². The van der Waals surface area contributed by atoms with Crippen LogP contribution in [-0.2, 0) is 104 Å². The molecule has 45 atom stereocenters. The van der Waals surface area contributed by atoms with Crippen LogP contribution in [0.1, 0.15) is 34.6 Å². The molecule has 9 saturated heterocycles. The molecule has 9 aliphatic heterocycles. The van der Waals surface area contributed by atoms with Crippen LogP contribution in [0.3, 0.4) is 0 Å². The highest BCUT2D eigenvalue weighted by Crippen LogP contribution is 2.40. The summed E-state index contributed by atoms with van der Waals surface area (Å²) in [7, 11) is 0. The van der Waals surface area contributed by atoms with Gasteiger partial charge in [-0.3, -0.25) is 24.0 Å². The van der Waals surface area contributed by atoms with E-state index >= 15 is 0 Å². The Morgan fingerprint density at radius 2 is 0.452 bits per heavy atom. The van der Waals surface area contributed by atoms with Crippen molar-refractivity contribution >= 4 is 29.5 Å². The van der Waals surface area contributed by atoms with Gasteiger partial charge in [0.25, 0.3) is 0 Å². The predicted octanol–water partition coefficient (Wildman–Crippen LogP) is -19.9. The molecule has 9 rings (SSSR count). The normalized spacial score (nSPS) is 47.9. The molecule has 0 aromatic heterocycles. The molecule has 0 aromatic carbocycles. The number of hydrogen-bond acceptors (Lipinski definition) is 46. The Bertz CT molecular complexity index is 3100. The fourth-order valence-electron chi connectivity index (χ4n) is 14.9. The van der Waals surface area contributed by atoms with E-state index in [0.717, 1.165) is 34.6 Å². The van der Waals surface area contributed by atoms with Crippen molar-refractivity contribution in [2.75, 3.05) is 59.5 Å². The third kappa shape index (κ3) is 21.3. The second-order valence-corrected chi connectivity index (χ2v) is 28.9. The van der Waals surface area contributed by atoms with Crippen molar-refractivity contribution in [2.45, 2.75) is 311 Å². The van der Waals surface area contributed by atoms with Crippen molar-refractivity contribution in [3.8, 4) is 0 Å². The van der Waals surface area contributed by atoms with Gasteiger partial charge in [0.1, 0.15) is 219 Å². The summed E-state index contributed by atoms with van der Waals surface area (Å²) < 4.78 is 99.5. The van der Waals surface area contributed by atoms with E-state index in [1.54, 1.807) is 0 Å². The number of hydrogen-bond donors (Lipinski definition) is 29. The van der Waals surface area contributed by atoms with Crippen LogP contribution in [0.2, 0.25) is 0 Å². The molecule has 5 amide bonds. The molecular formula is C64H107N5O46. The van der Waals surface area contributed by atoms with E-state index < -0.39 is 365 Å². The molecular weight excluding hydrogens is 1570 g/mol. The monoisotopic (exact) mass is 1680 g/mol. The first-order valence-electron chi connectivity index (χ1n) is 36.6. The van der Waals surface area contributed by atoms with Gasteiger partial charge in [-0.1, -0.05) is 0 Å². The third-order valence-electron chi connectivity index (χ3n) is 20.8. The lowest BCUT2D eigenvalue weighted by molar-refractivity contribution is -0.381. The van der Waals surface area contributed by atoms with Crippen molar-refractivity contribution in [2.24, 2.45) is 0 Å². The van der Waals surface area contributed by atoms with E-state index in [-0.39, 0.29) is 0 Å². The standard InChI is InChI=1S/C64H107N5O46/c1-15(78)65-29-39(88)49(111-63-47(96)54(36(85)22(8-72)103-63)114-59-31(67-17(3)80)41(90)50(25(11-75)107-59)109-61-45(94)43(92)34(83)20(6-70)101-61)24(10-74)105-57(29)99-14-28-38(87)53(33(56(98)100-28)69-19(5)82)113-58-30(66-16(2)79)40(89)52(27(13-77)106-58)112-64-48(97)55(37(86)23(9-73)104-64)115-60-32(68-18(4)81)42(91)51(26(12-76)108-60)110-62-46(95)44(93)35(84)21(7-71)102-62/h20-64,70-77,83-98H,6-14H2,1-5H3,(H,65,78)(H,66,79)(H,67,80)(H,68,81)(H,69,82)/t20-,21-,22-,23-,24-,25-,26-,27-,28-,29-,30-,31-,32-,33-,34+,35+,36+,37+,38+,39-,40-,41-,42-,43+,44+,45-,46-,47-,48-,49-,50-,51-,52-,53-,54+,55+,56-,57-,58+,59+,60+,61+,62+,63+,64+/m1/s1. The molecule has 0 radical (unpaired) electrons. The number of ether oxygens (including phenoxy) is 17. The first-order chi connectivity index (χ1) is 54.4. The minimum absolute atomic E-state index is 0.869. The number of amides is 5. The number of rotatable bonds is 30. The van der Waals surface area contributed by atoms with Gasteiger partial charge < -0.3 is 230 Å². The van der Waals surface area contributed by atoms with Crippen LogP contribution in [-0.4, -0.2) is 488 Å². The summed E-state index contributed by atoms with van der Waals surface area (Å²) in [4.78, 5) is 64.0. The maximum absolute atomic E-state index is 13.0. The van der Waals surface area contributed by atoms with Crippen molar-refractivity contribution in [3.63, 3.8) is 0 Å². The zero-order valence-corrected chi connectivity index (χ0v) is 62.1. The second-order valence-electron chi connectivity index (χ2n) is 28.9. The van der Waals surface area contributed by atoms with Crippen molar-refractivity contribution in [3.05, 3.63) is 0 Å². The van der Waals surface area contributed by atoms with Gasteiger partial charge in [-0.05, 0) is 0 Å². The summed E-state index contributed by atoms with van der Waals surface area (Å²) in [5.41, 5.74) is 0. The van der Waals surface area contributed by atoms with Gasteiger partial charge in [0.2, 0.25) is 29.5 Å². The van der Waals surface area contributed by atoms with E-state index in [2.05, 4.69) is 26.6 Å². The summed E-state index contributed by atoms with van der Waals surface area (Å²) in [6.07, 6.45) is -78.9. The molecule has 0 bridgehead atoms. The molecule has 9 aliphatic rings. The summed E-state index contributed by atoms with van der Waals surface area (Å²) in [6.45, 7) is -4.44. The zero-order valence-electron chi connectivity index (χ0n) is 62.1. The fourth-order valence-corrected chi connectivity index (χ4v) is 14.9. The molecule has 29 N–H and O–H groups in total. The summed E-state index contributed by atoms with van der Waals surface area (Å²) in [6, 6.07) is -9.17. The molecule has 115 heavy (non-hydrogen) atoms. The second kappa shape index (κ2) is 41.5.